The largest absolute Gasteiger partial charge is 0.481 e. The molecular formula is C22H25N3O6. The molecule has 2 fully saturated rings. The molecule has 31 heavy (non-hydrogen) atoms. The second-order valence-electron chi connectivity index (χ2n) is 8.22. The van der Waals surface area contributed by atoms with E-state index in [1.807, 2.05) is 0 Å². The van der Waals surface area contributed by atoms with Crippen LogP contribution in [-0.2, 0) is 14.3 Å². The number of urea groups is 1. The molecule has 0 spiro atoms. The number of hydrogen-bond donors (Lipinski definition) is 0. The molecule has 0 aliphatic carbocycles. The van der Waals surface area contributed by atoms with Crippen molar-refractivity contribution < 1.29 is 28.7 Å². The average molecular weight is 427 g/mol. The van der Waals surface area contributed by atoms with Crippen LogP contribution < -0.4 is 9.64 Å². The number of imide groups is 3. The van der Waals surface area contributed by atoms with Crippen LogP contribution in [-0.4, -0.2) is 65.1 Å². The van der Waals surface area contributed by atoms with Crippen LogP contribution in [0.4, 0.5) is 15.3 Å². The summed E-state index contributed by atoms with van der Waals surface area (Å²) in [5, 5.41) is 0. The van der Waals surface area contributed by atoms with Crippen LogP contribution in [0.15, 0.2) is 24.3 Å². The van der Waals surface area contributed by atoms with Crippen molar-refractivity contribution in [2.45, 2.75) is 45.3 Å². The van der Waals surface area contributed by atoms with Crippen molar-refractivity contribution in [1.29, 1.82) is 0 Å². The van der Waals surface area contributed by atoms with E-state index in [0.717, 1.165) is 0 Å². The summed E-state index contributed by atoms with van der Waals surface area (Å²) in [5.41, 5.74) is -0.218. The minimum atomic E-state index is -1.02. The van der Waals surface area contributed by atoms with E-state index < -0.39 is 29.6 Å². The van der Waals surface area contributed by atoms with Gasteiger partial charge in [0, 0.05) is 25.2 Å². The first kappa shape index (κ1) is 22.2. The van der Waals surface area contributed by atoms with Gasteiger partial charge in [-0.1, -0.05) is 5.92 Å². The number of amides is 5. The molecule has 0 radical (unpaired) electrons. The van der Waals surface area contributed by atoms with Crippen molar-refractivity contribution in [1.82, 2.24) is 9.80 Å². The molecule has 2 aliphatic heterocycles. The van der Waals surface area contributed by atoms with E-state index in [9.17, 15) is 19.2 Å². The van der Waals surface area contributed by atoms with E-state index in [0.29, 0.717) is 29.4 Å². The molecule has 5 amide bonds. The smallest absolute Gasteiger partial charge is 0.424 e. The second-order valence-corrected chi connectivity index (χ2v) is 8.22. The number of hydrogen-bond acceptors (Lipinski definition) is 6. The predicted octanol–water partition coefficient (Wildman–Crippen LogP) is 2.39. The minimum absolute atomic E-state index is 0.0271. The molecule has 0 N–H and O–H groups in total. The highest BCUT2D eigenvalue weighted by molar-refractivity contribution is 6.13. The van der Waals surface area contributed by atoms with Crippen molar-refractivity contribution in [3.05, 3.63) is 24.3 Å². The van der Waals surface area contributed by atoms with Gasteiger partial charge in [-0.05, 0) is 51.5 Å². The summed E-state index contributed by atoms with van der Waals surface area (Å²) in [4.78, 5) is 54.0. The van der Waals surface area contributed by atoms with Gasteiger partial charge in [0.05, 0.1) is 0 Å². The lowest BCUT2D eigenvalue weighted by molar-refractivity contribution is -0.150. The van der Waals surface area contributed by atoms with E-state index in [1.54, 1.807) is 45.0 Å². The molecule has 0 bridgehead atoms. The molecule has 1 aromatic carbocycles. The standard InChI is InChI=1S/C22H25N3O6/c1-5-14-30-16-8-6-15(7-9-16)23-12-13-24(20(23)28)17-10-11-18(26)25(19(17)27)21(29)31-22(2,3)4/h1,6-9,17H,10-14H2,2-4H3. The molecule has 164 valence electrons. The third-order valence-corrected chi connectivity index (χ3v) is 4.85. The summed E-state index contributed by atoms with van der Waals surface area (Å²) in [6.07, 6.45) is 4.29. The van der Waals surface area contributed by atoms with Gasteiger partial charge in [0.2, 0.25) is 5.91 Å². The van der Waals surface area contributed by atoms with E-state index in [4.69, 9.17) is 15.9 Å². The Morgan fingerprint density at radius 1 is 1.16 bits per heavy atom. The second kappa shape index (κ2) is 8.68. The molecule has 1 atom stereocenters. The van der Waals surface area contributed by atoms with Gasteiger partial charge >= 0.3 is 12.1 Å². The number of benzene rings is 1. The Kier molecular flexibility index (Phi) is 6.20. The van der Waals surface area contributed by atoms with Gasteiger partial charge in [-0.3, -0.25) is 14.5 Å². The Labute approximate surface area is 180 Å². The Bertz CT molecular complexity index is 928. The average Bonchev–Trinajstić information content (AvgIpc) is 3.07. The maximum Gasteiger partial charge on any atom is 0.424 e. The van der Waals surface area contributed by atoms with Crippen molar-refractivity contribution in [2.24, 2.45) is 0 Å². The Morgan fingerprint density at radius 2 is 1.84 bits per heavy atom. The number of nitrogens with zero attached hydrogens (tertiary/aromatic N) is 3. The zero-order valence-electron chi connectivity index (χ0n) is 17.8. The normalized spacial score (nSPS) is 19.5. The quantitative estimate of drug-likeness (QED) is 0.541. The van der Waals surface area contributed by atoms with Gasteiger partial charge in [-0.15, -0.1) is 6.42 Å². The Balaban J connectivity index is 1.72. The number of piperidine rings is 1. The van der Waals surface area contributed by atoms with Gasteiger partial charge in [0.1, 0.15) is 24.0 Å². The fourth-order valence-corrected chi connectivity index (χ4v) is 3.49. The highest BCUT2D eigenvalue weighted by Gasteiger charge is 2.46. The van der Waals surface area contributed by atoms with Crippen LogP contribution in [0.3, 0.4) is 0 Å². The minimum Gasteiger partial charge on any atom is -0.481 e. The number of rotatable bonds is 4. The van der Waals surface area contributed by atoms with Gasteiger partial charge in [-0.2, -0.15) is 4.90 Å². The SMILES string of the molecule is C#CCOc1ccc(N2CCN(C3CCC(=O)N(C(=O)OC(C)(C)C)C3=O)C2=O)cc1. The maximum atomic E-state index is 13.0. The first-order valence-electron chi connectivity index (χ1n) is 9.96. The van der Waals surface area contributed by atoms with Crippen LogP contribution in [0, 0.1) is 12.3 Å². The summed E-state index contributed by atoms with van der Waals surface area (Å²) in [5.74, 6) is 1.60. The molecule has 0 saturated carbocycles. The third-order valence-electron chi connectivity index (χ3n) is 4.85. The highest BCUT2D eigenvalue weighted by Crippen LogP contribution is 2.28. The van der Waals surface area contributed by atoms with Crippen LogP contribution >= 0.6 is 0 Å². The topological polar surface area (TPSA) is 96.5 Å². The molecule has 9 heteroatoms. The van der Waals surface area contributed by atoms with Crippen molar-refractivity contribution in [2.75, 3.05) is 24.6 Å². The molecular weight excluding hydrogens is 402 g/mol. The Hall–Kier alpha value is -3.54. The van der Waals surface area contributed by atoms with Crippen molar-refractivity contribution in [3.8, 4) is 18.1 Å². The fourth-order valence-electron chi connectivity index (χ4n) is 3.49. The first-order chi connectivity index (χ1) is 14.6. The number of carbonyl (C=O) groups excluding carboxylic acids is 4. The number of terminal acetylenes is 1. The van der Waals surface area contributed by atoms with E-state index >= 15 is 0 Å². The number of ether oxygens (including phenoxy) is 2. The zero-order valence-corrected chi connectivity index (χ0v) is 17.8. The summed E-state index contributed by atoms with van der Waals surface area (Å²) in [7, 11) is 0. The lowest BCUT2D eigenvalue weighted by Gasteiger charge is -2.34. The molecule has 0 aromatic heterocycles. The van der Waals surface area contributed by atoms with Crippen molar-refractivity contribution >= 4 is 29.6 Å². The molecule has 3 rings (SSSR count). The third kappa shape index (κ3) is 4.79. The van der Waals surface area contributed by atoms with Crippen LogP contribution in [0.1, 0.15) is 33.6 Å². The van der Waals surface area contributed by atoms with Crippen molar-refractivity contribution in [3.63, 3.8) is 0 Å². The lowest BCUT2D eigenvalue weighted by Crippen LogP contribution is -2.57. The molecule has 2 heterocycles. The molecule has 2 aliphatic rings. The first-order valence-corrected chi connectivity index (χ1v) is 9.96. The zero-order chi connectivity index (χ0) is 22.8. The molecule has 1 aromatic rings. The molecule has 2 saturated heterocycles. The summed E-state index contributed by atoms with van der Waals surface area (Å²) >= 11 is 0. The van der Waals surface area contributed by atoms with Crippen LogP contribution in [0.5, 0.6) is 5.75 Å². The highest BCUT2D eigenvalue weighted by atomic mass is 16.6. The summed E-state index contributed by atoms with van der Waals surface area (Å²) < 4.78 is 10.5. The maximum absolute atomic E-state index is 13.0. The summed E-state index contributed by atoms with van der Waals surface area (Å²) in [6.45, 7) is 5.74. The van der Waals surface area contributed by atoms with Crippen LogP contribution in [0.25, 0.3) is 0 Å². The fraction of sp³-hybridized carbons (Fsp3) is 0.455. The van der Waals surface area contributed by atoms with E-state index in [2.05, 4.69) is 5.92 Å². The van der Waals surface area contributed by atoms with Crippen LogP contribution in [0.2, 0.25) is 0 Å². The number of anilines is 1. The van der Waals surface area contributed by atoms with Gasteiger partial charge < -0.3 is 14.4 Å². The number of likely N-dealkylation sites (tertiary alicyclic amines) is 1. The van der Waals surface area contributed by atoms with Gasteiger partial charge in [0.15, 0.2) is 0 Å². The summed E-state index contributed by atoms with van der Waals surface area (Å²) in [6, 6.07) is 5.60. The predicted molar refractivity (Wildman–Crippen MR) is 111 cm³/mol. The monoisotopic (exact) mass is 427 g/mol. The van der Waals surface area contributed by atoms with Gasteiger partial charge in [-0.25, -0.2) is 9.59 Å². The van der Waals surface area contributed by atoms with Gasteiger partial charge in [0.25, 0.3) is 5.91 Å². The molecule has 9 nitrogen and oxygen atoms in total. The number of carbonyl (C=O) groups is 4. The van der Waals surface area contributed by atoms with E-state index in [1.165, 1.54) is 9.80 Å². The lowest BCUT2D eigenvalue weighted by atomic mass is 10.0. The molecule has 1 unspecified atom stereocenters. The Morgan fingerprint density at radius 3 is 2.45 bits per heavy atom. The van der Waals surface area contributed by atoms with E-state index in [-0.39, 0.29) is 25.5 Å².